The maximum Gasteiger partial charge on any atom is 0.309 e. The van der Waals surface area contributed by atoms with E-state index in [0.29, 0.717) is 11.1 Å². The van der Waals surface area contributed by atoms with E-state index in [1.54, 1.807) is 45.0 Å². The lowest BCUT2D eigenvalue weighted by Crippen LogP contribution is -2.24. The van der Waals surface area contributed by atoms with Crippen LogP contribution < -0.4 is 0 Å². The van der Waals surface area contributed by atoms with Gasteiger partial charge in [-0.3, -0.25) is 4.79 Å². The number of ether oxygens (including phenoxy) is 1. The van der Waals surface area contributed by atoms with Crippen LogP contribution in [0.4, 0.5) is 0 Å². The van der Waals surface area contributed by atoms with Crippen LogP contribution in [0, 0.1) is 11.3 Å². The zero-order valence-electron chi connectivity index (χ0n) is 10.8. The van der Waals surface area contributed by atoms with Gasteiger partial charge in [0.25, 0.3) is 0 Å². The molecule has 0 aliphatic carbocycles. The molecular weight excluding hydrogens is 230 g/mol. The van der Waals surface area contributed by atoms with Gasteiger partial charge in [-0.2, -0.15) is 5.26 Å². The minimum Gasteiger partial charge on any atom is -0.460 e. The summed E-state index contributed by atoms with van der Waals surface area (Å²) in [6, 6.07) is 8.47. The molecule has 0 aliphatic heterocycles. The summed E-state index contributed by atoms with van der Waals surface area (Å²) in [5.41, 5.74) is 0.560. The molecule has 0 saturated heterocycles. The number of carbonyl (C=O) groups is 1. The number of benzene rings is 1. The van der Waals surface area contributed by atoms with Gasteiger partial charge in [0.1, 0.15) is 5.60 Å². The highest BCUT2D eigenvalue weighted by molar-refractivity contribution is 5.70. The molecule has 96 valence electrons. The second kappa shape index (κ2) is 5.65. The monoisotopic (exact) mass is 247 g/mol. The molecule has 18 heavy (non-hydrogen) atoms. The Morgan fingerprint density at radius 2 is 1.94 bits per heavy atom. The average Bonchev–Trinajstić information content (AvgIpc) is 2.26. The average molecular weight is 247 g/mol. The van der Waals surface area contributed by atoms with Crippen LogP contribution >= 0.6 is 0 Å². The first-order valence-electron chi connectivity index (χ1n) is 5.72. The zero-order chi connectivity index (χ0) is 13.8. The molecule has 0 aliphatic rings. The Morgan fingerprint density at radius 3 is 2.39 bits per heavy atom. The third kappa shape index (κ3) is 4.56. The fraction of sp³-hybridized carbons (Fsp3) is 0.429. The summed E-state index contributed by atoms with van der Waals surface area (Å²) < 4.78 is 5.12. The Bertz CT molecular complexity index is 451. The minimum atomic E-state index is -0.910. The van der Waals surface area contributed by atoms with Crippen molar-refractivity contribution in [2.24, 2.45) is 0 Å². The van der Waals surface area contributed by atoms with Gasteiger partial charge in [-0.15, -0.1) is 0 Å². The van der Waals surface area contributed by atoms with Gasteiger partial charge in [0.15, 0.2) is 0 Å². The molecule has 0 amide bonds. The first kappa shape index (κ1) is 14.2. The molecule has 0 aromatic heterocycles. The number of hydrogen-bond acceptors (Lipinski definition) is 4. The highest BCUT2D eigenvalue weighted by Gasteiger charge is 2.20. The number of nitrogens with zero attached hydrogens (tertiary/aromatic N) is 1. The number of rotatable bonds is 3. The summed E-state index contributed by atoms with van der Waals surface area (Å²) in [7, 11) is 0. The molecule has 0 spiro atoms. The van der Waals surface area contributed by atoms with Gasteiger partial charge < -0.3 is 9.84 Å². The van der Waals surface area contributed by atoms with Crippen LogP contribution in [-0.2, 0) is 9.53 Å². The van der Waals surface area contributed by atoms with Crippen LogP contribution in [0.5, 0.6) is 0 Å². The molecule has 0 fully saturated rings. The summed E-state index contributed by atoms with van der Waals surface area (Å²) in [5, 5.41) is 18.5. The Labute approximate surface area is 107 Å². The first-order chi connectivity index (χ1) is 8.31. The standard InChI is InChI=1S/C14H17NO3/c1-14(2,3)18-13(17)8-12(16)11-6-4-10(9-15)5-7-11/h4-7,12,16H,8H2,1-3H3. The predicted molar refractivity (Wildman–Crippen MR) is 66.6 cm³/mol. The second-order valence-corrected chi connectivity index (χ2v) is 5.04. The topological polar surface area (TPSA) is 70.3 Å². The van der Waals surface area contributed by atoms with Crippen molar-refractivity contribution in [3.05, 3.63) is 35.4 Å². The summed E-state index contributed by atoms with van der Waals surface area (Å²) in [6.45, 7) is 5.33. The SMILES string of the molecule is CC(C)(C)OC(=O)CC(O)c1ccc(C#N)cc1. The van der Waals surface area contributed by atoms with Crippen LogP contribution in [0.15, 0.2) is 24.3 Å². The summed E-state index contributed by atoms with van der Waals surface area (Å²) >= 11 is 0. The molecule has 0 radical (unpaired) electrons. The van der Waals surface area contributed by atoms with E-state index in [1.165, 1.54) is 0 Å². The second-order valence-electron chi connectivity index (χ2n) is 5.04. The summed E-state index contributed by atoms with van der Waals surface area (Å²) in [6.07, 6.45) is -1.00. The van der Waals surface area contributed by atoms with Crippen molar-refractivity contribution < 1.29 is 14.6 Å². The van der Waals surface area contributed by atoms with Crippen molar-refractivity contribution in [1.29, 1.82) is 5.26 Å². The van der Waals surface area contributed by atoms with E-state index in [0.717, 1.165) is 0 Å². The lowest BCUT2D eigenvalue weighted by Gasteiger charge is -2.20. The van der Waals surface area contributed by atoms with Crippen molar-refractivity contribution in [3.63, 3.8) is 0 Å². The Morgan fingerprint density at radius 1 is 1.39 bits per heavy atom. The van der Waals surface area contributed by atoms with Crippen molar-refractivity contribution in [2.75, 3.05) is 0 Å². The highest BCUT2D eigenvalue weighted by Crippen LogP contribution is 2.19. The fourth-order valence-corrected chi connectivity index (χ4v) is 1.44. The third-order valence-corrected chi connectivity index (χ3v) is 2.20. The summed E-state index contributed by atoms with van der Waals surface area (Å²) in [4.78, 5) is 11.5. The Hall–Kier alpha value is -1.86. The van der Waals surface area contributed by atoms with Crippen LogP contribution in [0.25, 0.3) is 0 Å². The maximum absolute atomic E-state index is 11.5. The summed E-state index contributed by atoms with van der Waals surface area (Å²) in [5.74, 6) is -0.445. The highest BCUT2D eigenvalue weighted by atomic mass is 16.6. The molecule has 4 heteroatoms. The van der Waals surface area contributed by atoms with Crippen LogP contribution in [0.1, 0.15) is 44.4 Å². The van der Waals surface area contributed by atoms with Gasteiger partial charge in [0, 0.05) is 0 Å². The van der Waals surface area contributed by atoms with E-state index in [-0.39, 0.29) is 6.42 Å². The van der Waals surface area contributed by atoms with E-state index in [1.807, 2.05) is 6.07 Å². The number of esters is 1. The maximum atomic E-state index is 11.5. The molecule has 0 bridgehead atoms. The first-order valence-corrected chi connectivity index (χ1v) is 5.72. The number of hydrogen-bond donors (Lipinski definition) is 1. The minimum absolute atomic E-state index is 0.0941. The van der Waals surface area contributed by atoms with Crippen molar-refractivity contribution in [1.82, 2.24) is 0 Å². The Balaban J connectivity index is 2.62. The van der Waals surface area contributed by atoms with Crippen molar-refractivity contribution in [3.8, 4) is 6.07 Å². The van der Waals surface area contributed by atoms with Crippen LogP contribution in [-0.4, -0.2) is 16.7 Å². The van der Waals surface area contributed by atoms with Gasteiger partial charge in [-0.25, -0.2) is 0 Å². The molecule has 1 unspecified atom stereocenters. The lowest BCUT2D eigenvalue weighted by atomic mass is 10.0. The van der Waals surface area contributed by atoms with Gasteiger partial charge >= 0.3 is 5.97 Å². The third-order valence-electron chi connectivity index (χ3n) is 2.20. The zero-order valence-corrected chi connectivity index (χ0v) is 10.8. The molecule has 4 nitrogen and oxygen atoms in total. The van der Waals surface area contributed by atoms with E-state index in [2.05, 4.69) is 0 Å². The number of nitriles is 1. The predicted octanol–water partition coefficient (Wildman–Crippen LogP) is 2.32. The van der Waals surface area contributed by atoms with E-state index < -0.39 is 17.7 Å². The molecular formula is C14H17NO3. The number of carbonyl (C=O) groups excluding carboxylic acids is 1. The van der Waals surface area contributed by atoms with Gasteiger partial charge in [0.05, 0.1) is 24.2 Å². The molecule has 1 N–H and O–H groups in total. The van der Waals surface area contributed by atoms with Gasteiger partial charge in [-0.05, 0) is 38.5 Å². The smallest absolute Gasteiger partial charge is 0.309 e. The Kier molecular flexibility index (Phi) is 4.46. The molecule has 1 atom stereocenters. The van der Waals surface area contributed by atoms with Crippen LogP contribution in [0.2, 0.25) is 0 Å². The molecule has 0 saturated carbocycles. The van der Waals surface area contributed by atoms with E-state index in [4.69, 9.17) is 10.00 Å². The molecule has 1 rings (SSSR count). The van der Waals surface area contributed by atoms with Gasteiger partial charge in [0.2, 0.25) is 0 Å². The number of aliphatic hydroxyl groups is 1. The van der Waals surface area contributed by atoms with E-state index in [9.17, 15) is 9.90 Å². The molecule has 1 aromatic carbocycles. The molecule has 0 heterocycles. The van der Waals surface area contributed by atoms with Crippen molar-refractivity contribution in [2.45, 2.75) is 38.9 Å². The molecule has 1 aromatic rings. The fourth-order valence-electron chi connectivity index (χ4n) is 1.44. The largest absolute Gasteiger partial charge is 0.460 e. The van der Waals surface area contributed by atoms with Crippen molar-refractivity contribution >= 4 is 5.97 Å². The normalized spacial score (nSPS) is 12.6. The van der Waals surface area contributed by atoms with E-state index >= 15 is 0 Å². The van der Waals surface area contributed by atoms with Crippen LogP contribution in [0.3, 0.4) is 0 Å². The lowest BCUT2D eigenvalue weighted by molar-refractivity contribution is -0.157. The quantitative estimate of drug-likeness (QED) is 0.832. The van der Waals surface area contributed by atoms with Gasteiger partial charge in [-0.1, -0.05) is 12.1 Å². The number of aliphatic hydroxyl groups excluding tert-OH is 1.